The van der Waals surface area contributed by atoms with E-state index in [0.29, 0.717) is 14.0 Å². The van der Waals surface area contributed by atoms with Crippen molar-refractivity contribution in [3.05, 3.63) is 48.7 Å². The largest absolute Gasteiger partial charge is 0.386 e. The zero-order valence-electron chi connectivity index (χ0n) is 15.2. The van der Waals surface area contributed by atoms with Gasteiger partial charge in [0.2, 0.25) is 0 Å². The maximum Gasteiger partial charge on any atom is 0.332 e. The lowest BCUT2D eigenvalue weighted by atomic mass is 9.57. The van der Waals surface area contributed by atoms with Crippen LogP contribution in [0.3, 0.4) is 0 Å². The van der Waals surface area contributed by atoms with Gasteiger partial charge in [-0.05, 0) is 37.2 Å². The van der Waals surface area contributed by atoms with Gasteiger partial charge in [0.05, 0.1) is 12.5 Å². The summed E-state index contributed by atoms with van der Waals surface area (Å²) < 4.78 is 2.62. The van der Waals surface area contributed by atoms with Crippen LogP contribution in [0.4, 0.5) is 11.5 Å². The van der Waals surface area contributed by atoms with E-state index in [1.165, 1.54) is 30.8 Å². The Hall–Kier alpha value is -1.81. The Bertz CT molecular complexity index is 605. The van der Waals surface area contributed by atoms with Gasteiger partial charge in [-0.15, -0.1) is 0 Å². The summed E-state index contributed by atoms with van der Waals surface area (Å²) in [6.45, 7) is 9.74. The second-order valence-electron chi connectivity index (χ2n) is 6.68. The summed E-state index contributed by atoms with van der Waals surface area (Å²) in [7, 11) is 0. The van der Waals surface area contributed by atoms with Gasteiger partial charge >= 0.3 is 14.0 Å². The summed E-state index contributed by atoms with van der Waals surface area (Å²) in [6.07, 6.45) is 5.82. The Labute approximate surface area is 147 Å². The highest BCUT2D eigenvalue weighted by Crippen LogP contribution is 2.26. The first-order valence-electron chi connectivity index (χ1n) is 9.20. The van der Waals surface area contributed by atoms with Gasteiger partial charge in [-0.3, -0.25) is 0 Å². The van der Waals surface area contributed by atoms with Crippen LogP contribution in [0.1, 0.15) is 26.2 Å². The zero-order valence-corrected chi connectivity index (χ0v) is 15.2. The summed E-state index contributed by atoms with van der Waals surface area (Å²) in [4.78, 5) is 8.33. The third-order valence-electron chi connectivity index (χ3n) is 5.17. The summed E-state index contributed by atoms with van der Waals surface area (Å²) in [5.41, 5.74) is 1.29. The number of aromatic nitrogens is 1. The smallest absolute Gasteiger partial charge is 0.332 e. The summed E-state index contributed by atoms with van der Waals surface area (Å²) >= 11 is 0. The number of H-pyrrole nitrogens is 1. The van der Waals surface area contributed by atoms with Gasteiger partial charge in [-0.2, -0.15) is 0 Å². The van der Waals surface area contributed by atoms with Crippen molar-refractivity contribution in [1.82, 2.24) is 9.71 Å². The van der Waals surface area contributed by atoms with Crippen molar-refractivity contribution in [3.63, 3.8) is 0 Å². The van der Waals surface area contributed by atoms with E-state index in [2.05, 4.69) is 82.4 Å². The molecule has 24 heavy (non-hydrogen) atoms. The number of unbranched alkanes of at least 4 members (excludes halogenated alkanes) is 2. The number of para-hydroxylation sites is 1. The number of aromatic amines is 1. The van der Waals surface area contributed by atoms with Gasteiger partial charge in [-0.1, -0.05) is 51.6 Å². The SMILES string of the molecule is CCCCCN1B(C)N(c2ccccc2)CN(c2ccc[nH]2)B1C. The first-order chi connectivity index (χ1) is 11.7. The summed E-state index contributed by atoms with van der Waals surface area (Å²) in [6, 6.07) is 15.0. The number of hydrogen-bond donors (Lipinski definition) is 1. The van der Waals surface area contributed by atoms with Crippen molar-refractivity contribution < 1.29 is 0 Å². The predicted molar refractivity (Wildman–Crippen MR) is 107 cm³/mol. The van der Waals surface area contributed by atoms with E-state index in [4.69, 9.17) is 0 Å². The highest BCUT2D eigenvalue weighted by molar-refractivity contribution is 6.77. The quantitative estimate of drug-likeness (QED) is 0.642. The molecule has 0 aliphatic carbocycles. The Kier molecular flexibility index (Phi) is 5.56. The molecule has 3 rings (SSSR count). The van der Waals surface area contributed by atoms with Crippen LogP contribution in [0.15, 0.2) is 48.7 Å². The predicted octanol–water partition coefficient (Wildman–Crippen LogP) is 4.03. The molecule has 6 heteroatoms. The van der Waals surface area contributed by atoms with E-state index in [9.17, 15) is 0 Å². The van der Waals surface area contributed by atoms with E-state index in [-0.39, 0.29) is 0 Å². The number of nitrogens with zero attached hydrogens (tertiary/aromatic N) is 3. The Morgan fingerprint density at radius 1 is 0.958 bits per heavy atom. The third kappa shape index (κ3) is 3.48. The monoisotopic (exact) mass is 322 g/mol. The average molecular weight is 322 g/mol. The van der Waals surface area contributed by atoms with Gasteiger partial charge < -0.3 is 19.3 Å². The minimum Gasteiger partial charge on any atom is -0.386 e. The average Bonchev–Trinajstić information content (AvgIpc) is 3.13. The number of anilines is 2. The second-order valence-corrected chi connectivity index (χ2v) is 6.68. The Morgan fingerprint density at radius 3 is 2.38 bits per heavy atom. The molecule has 0 radical (unpaired) electrons. The minimum absolute atomic E-state index is 0.385. The number of nitrogens with one attached hydrogen (secondary N) is 1. The highest BCUT2D eigenvalue weighted by atomic mass is 15.4. The fourth-order valence-corrected chi connectivity index (χ4v) is 3.68. The lowest BCUT2D eigenvalue weighted by molar-refractivity contribution is 0.555. The second kappa shape index (κ2) is 7.84. The van der Waals surface area contributed by atoms with Gasteiger partial charge in [0.25, 0.3) is 0 Å². The lowest BCUT2D eigenvalue weighted by Gasteiger charge is -2.50. The number of hydrogen-bond acceptors (Lipinski definition) is 3. The molecular weight excluding hydrogens is 294 g/mol. The topological polar surface area (TPSA) is 25.5 Å². The maximum absolute atomic E-state index is 3.38. The molecule has 0 amide bonds. The van der Waals surface area contributed by atoms with E-state index >= 15 is 0 Å². The molecule has 0 bridgehead atoms. The molecule has 2 heterocycles. The first-order valence-corrected chi connectivity index (χ1v) is 9.20. The van der Waals surface area contributed by atoms with E-state index < -0.39 is 0 Å². The molecule has 126 valence electrons. The fraction of sp³-hybridized carbons (Fsp3) is 0.444. The first kappa shape index (κ1) is 17.0. The number of benzene rings is 1. The molecular formula is C18H28B2N4. The van der Waals surface area contributed by atoms with Crippen LogP contribution in [-0.2, 0) is 0 Å². The molecule has 1 N–H and O–H groups in total. The third-order valence-corrected chi connectivity index (χ3v) is 5.17. The van der Waals surface area contributed by atoms with E-state index in [1.54, 1.807) is 0 Å². The van der Waals surface area contributed by atoms with Crippen molar-refractivity contribution in [3.8, 4) is 0 Å². The van der Waals surface area contributed by atoms with Crippen LogP contribution in [-0.4, -0.2) is 36.9 Å². The molecule has 1 fully saturated rings. The van der Waals surface area contributed by atoms with Crippen molar-refractivity contribution in [1.29, 1.82) is 0 Å². The van der Waals surface area contributed by atoms with Gasteiger partial charge in [0.15, 0.2) is 0 Å². The molecule has 0 atom stereocenters. The fourth-order valence-electron chi connectivity index (χ4n) is 3.68. The molecule has 1 aromatic heterocycles. The summed E-state index contributed by atoms with van der Waals surface area (Å²) in [5.74, 6) is 1.19. The van der Waals surface area contributed by atoms with Gasteiger partial charge in [0.1, 0.15) is 0 Å². The molecule has 0 saturated carbocycles. The molecule has 1 aromatic carbocycles. The van der Waals surface area contributed by atoms with Crippen molar-refractivity contribution in [2.75, 3.05) is 22.8 Å². The van der Waals surface area contributed by atoms with Gasteiger partial charge in [-0.25, -0.2) is 0 Å². The van der Waals surface area contributed by atoms with Crippen LogP contribution in [0.5, 0.6) is 0 Å². The molecule has 2 aromatic rings. The standard InChI is InChI=1S/C18H28B2N4/c1-4-5-9-15-24-19(2)22(17-11-7-6-8-12-17)16-23(20(24)3)18-13-10-14-21-18/h6-8,10-14,21H,4-5,9,15-16H2,1-3H3. The number of rotatable bonds is 6. The Balaban J connectivity index is 1.86. The maximum atomic E-state index is 3.38. The van der Waals surface area contributed by atoms with Crippen LogP contribution in [0.25, 0.3) is 0 Å². The minimum atomic E-state index is 0.385. The normalized spacial score (nSPS) is 16.1. The highest BCUT2D eigenvalue weighted by Gasteiger charge is 2.41. The van der Waals surface area contributed by atoms with Crippen LogP contribution in [0, 0.1) is 0 Å². The zero-order chi connectivity index (χ0) is 16.9. The van der Waals surface area contributed by atoms with Crippen molar-refractivity contribution in [2.24, 2.45) is 0 Å². The summed E-state index contributed by atoms with van der Waals surface area (Å²) in [5, 5.41) is 0. The van der Waals surface area contributed by atoms with Crippen LogP contribution < -0.4 is 9.62 Å². The lowest BCUT2D eigenvalue weighted by Crippen LogP contribution is -2.70. The van der Waals surface area contributed by atoms with Crippen molar-refractivity contribution in [2.45, 2.75) is 39.8 Å². The van der Waals surface area contributed by atoms with Crippen LogP contribution >= 0.6 is 0 Å². The molecule has 0 unspecified atom stereocenters. The molecule has 1 saturated heterocycles. The molecule has 1 aliphatic heterocycles. The van der Waals surface area contributed by atoms with E-state index in [0.717, 1.165) is 13.2 Å². The molecule has 0 spiro atoms. The molecule has 4 nitrogen and oxygen atoms in total. The van der Waals surface area contributed by atoms with Crippen molar-refractivity contribution >= 4 is 25.5 Å². The Morgan fingerprint density at radius 2 is 1.71 bits per heavy atom. The van der Waals surface area contributed by atoms with E-state index in [1.807, 2.05) is 6.20 Å². The van der Waals surface area contributed by atoms with Crippen LogP contribution in [0.2, 0.25) is 13.6 Å². The molecule has 1 aliphatic rings. The van der Waals surface area contributed by atoms with Gasteiger partial charge in [0, 0.05) is 11.9 Å².